The normalized spacial score (nSPS) is 13.1. The first-order valence-corrected chi connectivity index (χ1v) is 4.74. The van der Waals surface area contributed by atoms with Crippen LogP contribution in [0.1, 0.15) is 40.5 Å². The third-order valence-electron chi connectivity index (χ3n) is 1.95. The summed E-state index contributed by atoms with van der Waals surface area (Å²) < 4.78 is 5.07. The van der Waals surface area contributed by atoms with Gasteiger partial charge in [-0.1, -0.05) is 27.7 Å². The Morgan fingerprint density at radius 2 is 1.92 bits per heavy atom. The smallest absolute Gasteiger partial charge is 0.308 e. The van der Waals surface area contributed by atoms with Gasteiger partial charge >= 0.3 is 5.97 Å². The van der Waals surface area contributed by atoms with Gasteiger partial charge in [0.15, 0.2) is 0 Å². The molecule has 0 saturated carbocycles. The highest BCUT2D eigenvalue weighted by Crippen LogP contribution is 2.05. The van der Waals surface area contributed by atoms with Crippen LogP contribution in [0.4, 0.5) is 0 Å². The number of hydrogen-bond donors (Lipinski definition) is 0. The van der Waals surface area contributed by atoms with Gasteiger partial charge in [-0.05, 0) is 18.8 Å². The maximum atomic E-state index is 11.1. The minimum Gasteiger partial charge on any atom is -0.465 e. The van der Waals surface area contributed by atoms with Crippen LogP contribution in [0, 0.1) is 11.8 Å². The summed E-state index contributed by atoms with van der Waals surface area (Å²) in [7, 11) is 0. The summed E-state index contributed by atoms with van der Waals surface area (Å²) in [5.41, 5.74) is 0. The Kier molecular flexibility index (Phi) is 5.77. The number of rotatable bonds is 5. The lowest BCUT2D eigenvalue weighted by Crippen LogP contribution is -2.15. The second-order valence-electron chi connectivity index (χ2n) is 3.66. The zero-order valence-corrected chi connectivity index (χ0v) is 8.59. The van der Waals surface area contributed by atoms with Gasteiger partial charge in [0.25, 0.3) is 0 Å². The molecule has 0 heterocycles. The molecule has 2 nitrogen and oxygen atoms in total. The Bertz CT molecular complexity index is 130. The summed E-state index contributed by atoms with van der Waals surface area (Å²) in [6, 6.07) is 0. The van der Waals surface area contributed by atoms with Crippen LogP contribution >= 0.6 is 0 Å². The van der Waals surface area contributed by atoms with Gasteiger partial charge in [0.2, 0.25) is 0 Å². The van der Waals surface area contributed by atoms with Crippen LogP contribution in [0.5, 0.6) is 0 Å². The minimum absolute atomic E-state index is 0.0529. The van der Waals surface area contributed by atoms with Gasteiger partial charge in [0, 0.05) is 0 Å². The molecule has 0 aromatic heterocycles. The molecule has 0 aliphatic carbocycles. The number of carbonyl (C=O) groups is 1. The molecule has 0 aliphatic heterocycles. The molecule has 0 saturated heterocycles. The van der Waals surface area contributed by atoms with Crippen LogP contribution in [0.2, 0.25) is 0 Å². The molecule has 0 amide bonds. The largest absolute Gasteiger partial charge is 0.465 e. The number of hydrogen-bond acceptors (Lipinski definition) is 2. The first kappa shape index (κ1) is 11.5. The lowest BCUT2D eigenvalue weighted by molar-refractivity contribution is -0.148. The summed E-state index contributed by atoms with van der Waals surface area (Å²) in [5, 5.41) is 0. The number of esters is 1. The van der Waals surface area contributed by atoms with Crippen molar-refractivity contribution in [1.82, 2.24) is 0 Å². The van der Waals surface area contributed by atoms with E-state index in [4.69, 9.17) is 4.74 Å². The molecule has 2 heteroatoms. The van der Waals surface area contributed by atoms with Crippen molar-refractivity contribution in [2.24, 2.45) is 11.8 Å². The monoisotopic (exact) mass is 172 g/mol. The van der Waals surface area contributed by atoms with Gasteiger partial charge in [-0.2, -0.15) is 0 Å². The summed E-state index contributed by atoms with van der Waals surface area (Å²) in [5.74, 6) is 0.602. The molecule has 0 aromatic rings. The van der Waals surface area contributed by atoms with E-state index in [1.165, 1.54) is 0 Å². The number of carbonyl (C=O) groups excluding carboxylic acids is 1. The van der Waals surface area contributed by atoms with Crippen molar-refractivity contribution in [3.05, 3.63) is 0 Å². The van der Waals surface area contributed by atoms with Crippen molar-refractivity contribution < 1.29 is 9.53 Å². The molecule has 0 N–H and O–H groups in total. The average Bonchev–Trinajstić information content (AvgIpc) is 2.02. The Balaban J connectivity index is 3.44. The van der Waals surface area contributed by atoms with E-state index < -0.39 is 0 Å². The van der Waals surface area contributed by atoms with Crippen molar-refractivity contribution in [2.45, 2.75) is 40.5 Å². The highest BCUT2D eigenvalue weighted by molar-refractivity contribution is 5.71. The molecule has 0 aromatic carbocycles. The van der Waals surface area contributed by atoms with Crippen LogP contribution in [-0.2, 0) is 9.53 Å². The molecule has 0 radical (unpaired) electrons. The van der Waals surface area contributed by atoms with E-state index in [2.05, 4.69) is 13.8 Å². The Hall–Kier alpha value is -0.530. The lowest BCUT2D eigenvalue weighted by Gasteiger charge is -2.09. The predicted molar refractivity (Wildman–Crippen MR) is 49.9 cm³/mol. The van der Waals surface area contributed by atoms with Crippen molar-refractivity contribution in [1.29, 1.82) is 0 Å². The van der Waals surface area contributed by atoms with E-state index in [1.807, 2.05) is 13.8 Å². The molecule has 0 fully saturated rings. The predicted octanol–water partition coefficient (Wildman–Crippen LogP) is 2.62. The average molecular weight is 172 g/mol. The van der Waals surface area contributed by atoms with Crippen molar-refractivity contribution >= 4 is 5.97 Å². The molecular weight excluding hydrogens is 152 g/mol. The quantitative estimate of drug-likeness (QED) is 0.596. The van der Waals surface area contributed by atoms with E-state index >= 15 is 0 Å². The molecule has 1 atom stereocenters. The summed E-state index contributed by atoms with van der Waals surface area (Å²) in [4.78, 5) is 11.1. The number of ether oxygens (including phenoxy) is 1. The fourth-order valence-electron chi connectivity index (χ4n) is 0.704. The first-order chi connectivity index (χ1) is 5.57. The van der Waals surface area contributed by atoms with Gasteiger partial charge in [-0.25, -0.2) is 0 Å². The fraction of sp³-hybridized carbons (Fsp3) is 0.900. The zero-order valence-electron chi connectivity index (χ0n) is 8.59. The third-order valence-corrected chi connectivity index (χ3v) is 1.95. The molecule has 12 heavy (non-hydrogen) atoms. The third kappa shape index (κ3) is 5.16. The van der Waals surface area contributed by atoms with Crippen molar-refractivity contribution in [3.8, 4) is 0 Å². The van der Waals surface area contributed by atoms with Crippen LogP contribution in [-0.4, -0.2) is 12.6 Å². The van der Waals surface area contributed by atoms with Crippen LogP contribution < -0.4 is 0 Å². The maximum Gasteiger partial charge on any atom is 0.308 e. The van der Waals surface area contributed by atoms with E-state index in [0.717, 1.165) is 12.8 Å². The molecule has 0 spiro atoms. The van der Waals surface area contributed by atoms with Crippen LogP contribution in [0.25, 0.3) is 0 Å². The second-order valence-corrected chi connectivity index (χ2v) is 3.66. The van der Waals surface area contributed by atoms with Gasteiger partial charge < -0.3 is 4.74 Å². The molecule has 0 aliphatic rings. The lowest BCUT2D eigenvalue weighted by atomic mass is 10.1. The molecule has 1 unspecified atom stereocenters. The van der Waals surface area contributed by atoms with Gasteiger partial charge in [0.1, 0.15) is 0 Å². The van der Waals surface area contributed by atoms with Gasteiger partial charge in [-0.3, -0.25) is 4.79 Å². The van der Waals surface area contributed by atoms with Crippen LogP contribution in [0.15, 0.2) is 0 Å². The first-order valence-electron chi connectivity index (χ1n) is 4.74. The molecule has 0 bridgehead atoms. The van der Waals surface area contributed by atoms with E-state index in [0.29, 0.717) is 12.5 Å². The van der Waals surface area contributed by atoms with E-state index in [1.54, 1.807) is 0 Å². The highest BCUT2D eigenvalue weighted by atomic mass is 16.5. The summed E-state index contributed by atoms with van der Waals surface area (Å²) >= 11 is 0. The molecule has 0 rings (SSSR count). The molecular formula is C10H20O2. The van der Waals surface area contributed by atoms with E-state index in [9.17, 15) is 4.79 Å². The topological polar surface area (TPSA) is 26.3 Å². The van der Waals surface area contributed by atoms with Crippen LogP contribution in [0.3, 0.4) is 0 Å². The maximum absolute atomic E-state index is 11.1. The minimum atomic E-state index is -0.0573. The van der Waals surface area contributed by atoms with Gasteiger partial charge in [0.05, 0.1) is 12.5 Å². The fourth-order valence-corrected chi connectivity index (χ4v) is 0.704. The SMILES string of the molecule is CCC(C)C(=O)OCCC(C)C. The molecule has 72 valence electrons. The van der Waals surface area contributed by atoms with Gasteiger partial charge in [-0.15, -0.1) is 0 Å². The highest BCUT2D eigenvalue weighted by Gasteiger charge is 2.11. The standard InChI is InChI=1S/C10H20O2/c1-5-9(4)10(11)12-7-6-8(2)3/h8-9H,5-7H2,1-4H3. The Labute approximate surface area is 75.3 Å². The Morgan fingerprint density at radius 1 is 1.33 bits per heavy atom. The second kappa shape index (κ2) is 6.04. The Morgan fingerprint density at radius 3 is 2.33 bits per heavy atom. The van der Waals surface area contributed by atoms with Crippen molar-refractivity contribution in [2.75, 3.05) is 6.61 Å². The summed E-state index contributed by atoms with van der Waals surface area (Å²) in [6.45, 7) is 8.71. The zero-order chi connectivity index (χ0) is 9.56. The van der Waals surface area contributed by atoms with E-state index in [-0.39, 0.29) is 11.9 Å². The van der Waals surface area contributed by atoms with Crippen molar-refractivity contribution in [3.63, 3.8) is 0 Å². The summed E-state index contributed by atoms with van der Waals surface area (Å²) in [6.07, 6.45) is 1.82.